The molecule has 0 radical (unpaired) electrons. The number of nitrogen functional groups attached to an aromatic ring is 1. The Bertz CT molecular complexity index is 626. The first-order valence-electron chi connectivity index (χ1n) is 5.26. The van der Waals surface area contributed by atoms with Crippen LogP contribution in [0.1, 0.15) is 5.69 Å². The molecular weight excluding hydrogens is 261 g/mol. The zero-order valence-corrected chi connectivity index (χ0v) is 10.2. The van der Waals surface area contributed by atoms with Gasteiger partial charge in [-0.3, -0.25) is 0 Å². The van der Waals surface area contributed by atoms with Crippen molar-refractivity contribution < 1.29 is 22.6 Å². The zero-order valence-electron chi connectivity index (χ0n) is 10.2. The smallest absolute Gasteiger partial charge is 0.433 e. The molecule has 0 amide bonds. The third-order valence-electron chi connectivity index (χ3n) is 2.64. The highest BCUT2D eigenvalue weighted by molar-refractivity contribution is 5.92. The number of fused-ring (bicyclic) bond motifs is 1. The summed E-state index contributed by atoms with van der Waals surface area (Å²) in [5.41, 5.74) is 4.68. The third-order valence-corrected chi connectivity index (χ3v) is 2.64. The number of hydrogen-bond donors (Lipinski definition) is 1. The van der Waals surface area contributed by atoms with Gasteiger partial charge >= 0.3 is 6.18 Å². The van der Waals surface area contributed by atoms with Gasteiger partial charge in [-0.05, 0) is 12.1 Å². The van der Waals surface area contributed by atoms with E-state index in [1.165, 1.54) is 26.4 Å². The summed E-state index contributed by atoms with van der Waals surface area (Å²) < 4.78 is 48.0. The normalized spacial score (nSPS) is 11.6. The number of halogens is 3. The number of methoxy groups -OCH3 is 2. The molecule has 1 heterocycles. The van der Waals surface area contributed by atoms with E-state index < -0.39 is 11.9 Å². The van der Waals surface area contributed by atoms with Crippen LogP contribution in [0.4, 0.5) is 18.9 Å². The Morgan fingerprint density at radius 2 is 1.63 bits per heavy atom. The van der Waals surface area contributed by atoms with E-state index in [0.29, 0.717) is 16.9 Å². The van der Waals surface area contributed by atoms with E-state index in [-0.39, 0.29) is 11.2 Å². The standard InChI is InChI=1S/C12H11F3N2O2/c1-18-9-3-6-7(16)4-11(12(13,14)15)17-8(6)5-10(9)19-2/h3-5H,1-2H3,(H2,16,17). The van der Waals surface area contributed by atoms with Crippen LogP contribution in [0.15, 0.2) is 18.2 Å². The first-order chi connectivity index (χ1) is 8.86. The van der Waals surface area contributed by atoms with Gasteiger partial charge in [0.1, 0.15) is 5.69 Å². The monoisotopic (exact) mass is 272 g/mol. The van der Waals surface area contributed by atoms with E-state index in [1.54, 1.807) is 0 Å². The Kier molecular flexibility index (Phi) is 3.13. The van der Waals surface area contributed by atoms with E-state index in [0.717, 1.165) is 6.07 Å². The van der Waals surface area contributed by atoms with Crippen LogP contribution in [0.2, 0.25) is 0 Å². The molecule has 0 fully saturated rings. The fourth-order valence-electron chi connectivity index (χ4n) is 1.72. The van der Waals surface area contributed by atoms with E-state index in [9.17, 15) is 13.2 Å². The van der Waals surface area contributed by atoms with Crippen molar-refractivity contribution in [3.8, 4) is 11.5 Å². The number of nitrogens with zero attached hydrogens (tertiary/aromatic N) is 1. The fourth-order valence-corrected chi connectivity index (χ4v) is 1.72. The molecule has 1 aromatic carbocycles. The van der Waals surface area contributed by atoms with Crippen molar-refractivity contribution in [1.82, 2.24) is 4.98 Å². The lowest BCUT2D eigenvalue weighted by molar-refractivity contribution is -0.140. The van der Waals surface area contributed by atoms with Gasteiger partial charge in [-0.1, -0.05) is 0 Å². The number of pyridine rings is 1. The highest BCUT2D eigenvalue weighted by atomic mass is 19.4. The molecule has 4 nitrogen and oxygen atoms in total. The Balaban J connectivity index is 2.74. The maximum absolute atomic E-state index is 12.6. The van der Waals surface area contributed by atoms with Crippen molar-refractivity contribution in [2.24, 2.45) is 0 Å². The number of aromatic nitrogens is 1. The van der Waals surface area contributed by atoms with Gasteiger partial charge in [0.25, 0.3) is 0 Å². The average Bonchev–Trinajstić information content (AvgIpc) is 2.36. The molecule has 2 aromatic rings. The molecule has 19 heavy (non-hydrogen) atoms. The molecule has 0 aliphatic heterocycles. The highest BCUT2D eigenvalue weighted by Gasteiger charge is 2.33. The van der Waals surface area contributed by atoms with Crippen LogP contribution in [0.3, 0.4) is 0 Å². The molecule has 0 bridgehead atoms. The van der Waals surface area contributed by atoms with Gasteiger partial charge in [0, 0.05) is 17.1 Å². The third kappa shape index (κ3) is 2.35. The predicted molar refractivity (Wildman–Crippen MR) is 64.3 cm³/mol. The van der Waals surface area contributed by atoms with Crippen molar-refractivity contribution in [1.29, 1.82) is 0 Å². The predicted octanol–water partition coefficient (Wildman–Crippen LogP) is 2.85. The van der Waals surface area contributed by atoms with Gasteiger partial charge in [0.15, 0.2) is 11.5 Å². The Hall–Kier alpha value is -2.18. The van der Waals surface area contributed by atoms with Crippen molar-refractivity contribution in [3.63, 3.8) is 0 Å². The van der Waals surface area contributed by atoms with Crippen LogP contribution in [-0.2, 0) is 6.18 Å². The van der Waals surface area contributed by atoms with Crippen LogP contribution >= 0.6 is 0 Å². The lowest BCUT2D eigenvalue weighted by Gasteiger charge is -2.12. The molecule has 1 aromatic heterocycles. The van der Waals surface area contributed by atoms with Crippen LogP contribution in [0, 0.1) is 0 Å². The molecule has 0 spiro atoms. The van der Waals surface area contributed by atoms with E-state index in [2.05, 4.69) is 4.98 Å². The van der Waals surface area contributed by atoms with E-state index in [4.69, 9.17) is 15.2 Å². The van der Waals surface area contributed by atoms with Gasteiger partial charge < -0.3 is 15.2 Å². The van der Waals surface area contributed by atoms with Crippen LogP contribution in [-0.4, -0.2) is 19.2 Å². The summed E-state index contributed by atoms with van der Waals surface area (Å²) in [6.07, 6.45) is -4.55. The number of hydrogen-bond acceptors (Lipinski definition) is 4. The molecule has 0 unspecified atom stereocenters. The lowest BCUT2D eigenvalue weighted by Crippen LogP contribution is -2.09. The molecule has 0 atom stereocenters. The highest BCUT2D eigenvalue weighted by Crippen LogP contribution is 2.37. The van der Waals surface area contributed by atoms with E-state index >= 15 is 0 Å². The number of rotatable bonds is 2. The Morgan fingerprint density at radius 1 is 1.05 bits per heavy atom. The largest absolute Gasteiger partial charge is 0.493 e. The summed E-state index contributed by atoms with van der Waals surface area (Å²) in [5, 5.41) is 0.380. The minimum absolute atomic E-state index is 0.0155. The molecule has 2 N–H and O–H groups in total. The molecule has 0 aliphatic carbocycles. The number of anilines is 1. The molecule has 7 heteroatoms. The number of benzene rings is 1. The number of nitrogens with two attached hydrogens (primary N) is 1. The van der Waals surface area contributed by atoms with Crippen LogP contribution < -0.4 is 15.2 Å². The summed E-state index contributed by atoms with van der Waals surface area (Å²) in [7, 11) is 2.82. The molecule has 0 saturated carbocycles. The zero-order chi connectivity index (χ0) is 14.2. The number of alkyl halides is 3. The first kappa shape index (κ1) is 13.3. The quantitative estimate of drug-likeness (QED) is 0.913. The molecule has 102 valence electrons. The van der Waals surface area contributed by atoms with Gasteiger partial charge in [0.05, 0.1) is 19.7 Å². The van der Waals surface area contributed by atoms with Crippen molar-refractivity contribution >= 4 is 16.6 Å². The van der Waals surface area contributed by atoms with Crippen LogP contribution in [0.25, 0.3) is 10.9 Å². The summed E-state index contributed by atoms with van der Waals surface area (Å²) in [4.78, 5) is 3.55. The van der Waals surface area contributed by atoms with Crippen molar-refractivity contribution in [2.45, 2.75) is 6.18 Å². The van der Waals surface area contributed by atoms with Gasteiger partial charge in [-0.25, -0.2) is 4.98 Å². The second-order valence-corrected chi connectivity index (χ2v) is 3.82. The summed E-state index contributed by atoms with van der Waals surface area (Å²) in [6.45, 7) is 0. The Morgan fingerprint density at radius 3 is 2.16 bits per heavy atom. The molecule has 2 rings (SSSR count). The molecule has 0 saturated heterocycles. The Labute approximate surface area is 106 Å². The van der Waals surface area contributed by atoms with Gasteiger partial charge in [0.2, 0.25) is 0 Å². The second-order valence-electron chi connectivity index (χ2n) is 3.82. The van der Waals surface area contributed by atoms with Crippen molar-refractivity contribution in [2.75, 3.05) is 20.0 Å². The minimum Gasteiger partial charge on any atom is -0.493 e. The first-order valence-corrected chi connectivity index (χ1v) is 5.26. The number of ether oxygens (including phenoxy) is 2. The van der Waals surface area contributed by atoms with Gasteiger partial charge in [-0.2, -0.15) is 13.2 Å². The summed E-state index contributed by atoms with van der Waals surface area (Å²) in [5.74, 6) is 0.671. The van der Waals surface area contributed by atoms with Gasteiger partial charge in [-0.15, -0.1) is 0 Å². The second kappa shape index (κ2) is 4.49. The summed E-state index contributed by atoms with van der Waals surface area (Å²) >= 11 is 0. The fraction of sp³-hybridized carbons (Fsp3) is 0.250. The topological polar surface area (TPSA) is 57.4 Å². The lowest BCUT2D eigenvalue weighted by atomic mass is 10.1. The maximum atomic E-state index is 12.6. The molecule has 0 aliphatic rings. The summed E-state index contributed by atoms with van der Waals surface area (Å²) in [6, 6.07) is 3.66. The SMILES string of the molecule is COc1cc2nc(C(F)(F)F)cc(N)c2cc1OC. The molecular formula is C12H11F3N2O2. The van der Waals surface area contributed by atoms with E-state index in [1.807, 2.05) is 0 Å². The average molecular weight is 272 g/mol. The maximum Gasteiger partial charge on any atom is 0.433 e. The van der Waals surface area contributed by atoms with Crippen LogP contribution in [0.5, 0.6) is 11.5 Å². The van der Waals surface area contributed by atoms with Crippen molar-refractivity contribution in [3.05, 3.63) is 23.9 Å². The minimum atomic E-state index is -4.55.